The van der Waals surface area contributed by atoms with Crippen molar-refractivity contribution in [2.45, 2.75) is 37.4 Å². The number of carboxylic acid groups (broad SMARTS) is 1. The number of fused-ring (bicyclic) bond motifs is 1. The average molecular weight is 524 g/mol. The number of aromatic amines is 1. The molecule has 1 aliphatic rings. The van der Waals surface area contributed by atoms with Gasteiger partial charge in [0, 0.05) is 22.6 Å². The minimum absolute atomic E-state index is 0. The van der Waals surface area contributed by atoms with Crippen LogP contribution in [0.15, 0.2) is 53.3 Å². The van der Waals surface area contributed by atoms with Gasteiger partial charge in [-0.2, -0.15) is 13.2 Å². The van der Waals surface area contributed by atoms with Crippen molar-refractivity contribution in [1.29, 1.82) is 0 Å². The number of hydrogen-bond acceptors (Lipinski definition) is 6. The Bertz CT molecular complexity index is 1410. The minimum atomic E-state index is -4.60. The number of H-pyrrole nitrogens is 1. The van der Waals surface area contributed by atoms with Crippen molar-refractivity contribution in [3.8, 4) is 11.3 Å². The molecule has 37 heavy (non-hydrogen) atoms. The summed E-state index contributed by atoms with van der Waals surface area (Å²) in [5.74, 6) is -3.06. The zero-order valence-electron chi connectivity index (χ0n) is 19.7. The van der Waals surface area contributed by atoms with E-state index in [1.807, 2.05) is 0 Å². The summed E-state index contributed by atoms with van der Waals surface area (Å²) in [6.07, 6.45) is -5.13. The number of carbonyl (C=O) groups is 3. The third-order valence-electron chi connectivity index (χ3n) is 5.96. The van der Waals surface area contributed by atoms with Gasteiger partial charge in [-0.15, -0.1) is 0 Å². The number of pyridine rings is 1. The smallest absolute Gasteiger partial charge is 0.550 e. The Morgan fingerprint density at radius 1 is 1.05 bits per heavy atom. The second-order valence-electron chi connectivity index (χ2n) is 8.45. The summed E-state index contributed by atoms with van der Waals surface area (Å²) >= 11 is 0. The van der Waals surface area contributed by atoms with Gasteiger partial charge in [0.1, 0.15) is 6.61 Å². The van der Waals surface area contributed by atoms with Crippen molar-refractivity contribution in [3.63, 3.8) is 0 Å². The van der Waals surface area contributed by atoms with Gasteiger partial charge in [0.05, 0.1) is 23.9 Å². The predicted octanol–water partition coefficient (Wildman–Crippen LogP) is -0.737. The number of hydrogen-bond donors (Lipinski definition) is 2. The Balaban J connectivity index is 0.00000380. The molecule has 4 rings (SSSR count). The van der Waals surface area contributed by atoms with Gasteiger partial charge in [0.2, 0.25) is 5.91 Å². The maximum absolute atomic E-state index is 13.4. The summed E-state index contributed by atoms with van der Waals surface area (Å²) in [6, 6.07) is 10.6. The van der Waals surface area contributed by atoms with Crippen LogP contribution in [-0.2, 0) is 25.3 Å². The predicted molar refractivity (Wildman–Crippen MR) is 119 cm³/mol. The number of carbonyl (C=O) groups excluding carboxylic acids is 3. The van der Waals surface area contributed by atoms with Crippen LogP contribution in [0.2, 0.25) is 0 Å². The zero-order valence-corrected chi connectivity index (χ0v) is 21.7. The third kappa shape index (κ3) is 6.60. The molecule has 2 N–H and O–H groups in total. The fraction of sp³-hybridized carbons (Fsp3) is 0.280. The van der Waals surface area contributed by atoms with Crippen LogP contribution in [0.25, 0.3) is 22.0 Å². The third-order valence-corrected chi connectivity index (χ3v) is 5.96. The second-order valence-corrected chi connectivity index (χ2v) is 8.45. The topological polar surface area (TPSA) is 128 Å². The van der Waals surface area contributed by atoms with Crippen LogP contribution in [0.3, 0.4) is 0 Å². The normalized spacial score (nSPS) is 17.2. The summed E-state index contributed by atoms with van der Waals surface area (Å²) in [5, 5.41) is 13.7. The number of esters is 1. The van der Waals surface area contributed by atoms with E-state index in [1.165, 1.54) is 30.3 Å². The summed E-state index contributed by atoms with van der Waals surface area (Å²) in [7, 11) is 0. The molecule has 2 aromatic carbocycles. The Labute approximate surface area is 230 Å². The van der Waals surface area contributed by atoms with E-state index in [0.29, 0.717) is 10.9 Å². The fourth-order valence-electron chi connectivity index (χ4n) is 4.22. The van der Waals surface area contributed by atoms with Gasteiger partial charge in [-0.25, -0.2) is 0 Å². The molecule has 188 valence electrons. The number of ether oxygens (including phenoxy) is 1. The fourth-order valence-corrected chi connectivity index (χ4v) is 4.22. The summed E-state index contributed by atoms with van der Waals surface area (Å²) in [5.41, 5.74) is -1.07. The second kappa shape index (κ2) is 11.5. The van der Waals surface area contributed by atoms with Gasteiger partial charge in [0.25, 0.3) is 5.56 Å². The molecule has 0 aliphatic carbocycles. The molecule has 2 heterocycles. The number of carboxylic acids is 1. The van der Waals surface area contributed by atoms with Gasteiger partial charge >= 0.3 is 41.7 Å². The van der Waals surface area contributed by atoms with Crippen molar-refractivity contribution >= 4 is 28.6 Å². The van der Waals surface area contributed by atoms with E-state index >= 15 is 0 Å². The van der Waals surface area contributed by atoms with Crippen LogP contribution < -0.4 is 45.5 Å². The summed E-state index contributed by atoms with van der Waals surface area (Å²) in [4.78, 5) is 49.8. The van der Waals surface area contributed by atoms with Crippen molar-refractivity contribution in [3.05, 3.63) is 70.0 Å². The van der Waals surface area contributed by atoms with Gasteiger partial charge in [0.15, 0.2) is 0 Å². The molecule has 1 aliphatic heterocycles. The number of alkyl halides is 3. The molecule has 8 nitrogen and oxygen atoms in total. The van der Waals surface area contributed by atoms with Gasteiger partial charge < -0.3 is 24.9 Å². The molecular weight excluding hydrogens is 504 g/mol. The maximum atomic E-state index is 13.4. The van der Waals surface area contributed by atoms with Crippen molar-refractivity contribution in [2.75, 3.05) is 6.61 Å². The monoisotopic (exact) mass is 524 g/mol. The van der Waals surface area contributed by atoms with Crippen LogP contribution in [-0.4, -0.2) is 35.5 Å². The Kier molecular flexibility index (Phi) is 8.83. The van der Waals surface area contributed by atoms with E-state index in [4.69, 9.17) is 4.74 Å². The van der Waals surface area contributed by atoms with E-state index in [0.717, 1.165) is 6.07 Å². The quantitative estimate of drug-likeness (QED) is 0.310. The van der Waals surface area contributed by atoms with E-state index in [2.05, 4.69) is 10.3 Å². The molecule has 0 spiro atoms. The minimum Gasteiger partial charge on any atom is -0.550 e. The van der Waals surface area contributed by atoms with Crippen LogP contribution in [0.4, 0.5) is 13.2 Å². The van der Waals surface area contributed by atoms with Gasteiger partial charge in [-0.05, 0) is 42.0 Å². The molecule has 2 atom stereocenters. The molecular formula is C25H20F3N2NaO6. The van der Waals surface area contributed by atoms with E-state index < -0.39 is 47.6 Å². The van der Waals surface area contributed by atoms with Crippen molar-refractivity contribution < 1.29 is 67.0 Å². The molecule has 1 amide bonds. The largest absolute Gasteiger partial charge is 1.00 e. The first-order valence-electron chi connectivity index (χ1n) is 11.0. The van der Waals surface area contributed by atoms with Crippen molar-refractivity contribution in [1.82, 2.24) is 10.3 Å². The number of benzene rings is 2. The molecule has 3 aromatic rings. The van der Waals surface area contributed by atoms with Crippen LogP contribution in [0.1, 0.15) is 36.3 Å². The molecule has 1 aromatic heterocycles. The molecule has 0 saturated carbocycles. The first kappa shape index (κ1) is 28.4. The number of rotatable bonds is 7. The SMILES string of the molecule is O=C([O-])CCC(=O)OCC1C[C@@H](c2ccc3cc(-c4ccccc4C(F)(F)F)[nH]c(=O)c3c2)C(=O)N1.[Na+]. The number of aromatic nitrogens is 1. The number of nitrogens with one attached hydrogen (secondary N) is 2. The van der Waals surface area contributed by atoms with Gasteiger partial charge in [-0.1, -0.05) is 30.3 Å². The van der Waals surface area contributed by atoms with Crippen LogP contribution in [0.5, 0.6) is 0 Å². The Hall–Kier alpha value is -3.15. The van der Waals surface area contributed by atoms with E-state index in [1.54, 1.807) is 12.1 Å². The molecule has 0 bridgehead atoms. The van der Waals surface area contributed by atoms with E-state index in [-0.39, 0.29) is 71.6 Å². The number of halogens is 3. The molecule has 1 saturated heterocycles. The Morgan fingerprint density at radius 2 is 1.78 bits per heavy atom. The molecule has 0 radical (unpaired) electrons. The number of aliphatic carboxylic acids is 1. The number of amides is 1. The standard InChI is InChI=1S/C25H21F3N2O6.Na/c26-25(27,28)19-4-2-1-3-16(19)20-10-14-6-5-13(9-17(14)24(35)30-20)18-11-15(29-23(18)34)12-36-22(33)8-7-21(31)32;/h1-6,9-10,15,18H,7-8,11-12H2,(H,29,34)(H,30,35)(H,31,32);/q;+1/p-1/t15?,18-;/m0./s1. The maximum Gasteiger partial charge on any atom is 1.00 e. The first-order chi connectivity index (χ1) is 17.0. The van der Waals surface area contributed by atoms with Crippen LogP contribution >= 0.6 is 0 Å². The van der Waals surface area contributed by atoms with E-state index in [9.17, 15) is 37.5 Å². The van der Waals surface area contributed by atoms with Crippen LogP contribution in [0, 0.1) is 0 Å². The van der Waals surface area contributed by atoms with Gasteiger partial charge in [-0.3, -0.25) is 14.4 Å². The molecule has 12 heteroatoms. The van der Waals surface area contributed by atoms with Crippen molar-refractivity contribution in [2.24, 2.45) is 0 Å². The summed E-state index contributed by atoms with van der Waals surface area (Å²) < 4.78 is 45.3. The first-order valence-corrected chi connectivity index (χ1v) is 11.0. The zero-order chi connectivity index (χ0) is 26.0. The summed E-state index contributed by atoms with van der Waals surface area (Å²) in [6.45, 7) is -0.135. The molecule has 1 fully saturated rings. The molecule has 1 unspecified atom stereocenters. The Morgan fingerprint density at radius 3 is 2.49 bits per heavy atom. The average Bonchev–Trinajstić information content (AvgIpc) is 3.21.